The Balaban J connectivity index is 2.55. The number of carbonyl (C=O) groups is 5. The van der Waals surface area contributed by atoms with E-state index in [0.29, 0.717) is 0 Å². The summed E-state index contributed by atoms with van der Waals surface area (Å²) in [5, 5.41) is 30.9. The molecule has 3 N–H and O–H groups in total. The van der Waals surface area contributed by atoms with Crippen molar-refractivity contribution < 1.29 is 77.2 Å². The molecule has 2 fully saturated rings. The number of carbonyl (C=O) groups excluding carboxylic acids is 5. The van der Waals surface area contributed by atoms with Crippen LogP contribution in [0.5, 0.6) is 0 Å². The molecule has 0 aromatic heterocycles. The first-order valence-corrected chi connectivity index (χ1v) is 11.5. The molecule has 0 unspecified atom stereocenters. The zero-order valence-electron chi connectivity index (χ0n) is 21.4. The molecule has 2 rings (SSSR count). The van der Waals surface area contributed by atoms with Crippen molar-refractivity contribution in [2.45, 2.75) is 89.4 Å². The fraction of sp³-hybridized carbons (Fsp3) is 0.773. The highest BCUT2D eigenvalue weighted by Gasteiger charge is 2.63. The van der Waals surface area contributed by atoms with Gasteiger partial charge in [0.05, 0.1) is 6.61 Å². The molecule has 0 spiro atoms. The third-order valence-electron chi connectivity index (χ3n) is 5.43. The van der Waals surface area contributed by atoms with Crippen molar-refractivity contribution in [2.75, 3.05) is 19.8 Å². The molecule has 38 heavy (non-hydrogen) atoms. The average Bonchev–Trinajstić information content (AvgIpc) is 3.08. The topological polar surface area (TPSA) is 220 Å². The van der Waals surface area contributed by atoms with Gasteiger partial charge in [-0.1, -0.05) is 0 Å². The van der Waals surface area contributed by atoms with Crippen molar-refractivity contribution in [3.63, 3.8) is 0 Å². The van der Waals surface area contributed by atoms with E-state index in [-0.39, 0.29) is 0 Å². The van der Waals surface area contributed by atoms with Gasteiger partial charge in [-0.2, -0.15) is 0 Å². The minimum absolute atomic E-state index is 0.559. The first-order chi connectivity index (χ1) is 17.7. The molecule has 16 nitrogen and oxygen atoms in total. The van der Waals surface area contributed by atoms with E-state index in [1.165, 1.54) is 0 Å². The normalized spacial score (nSPS) is 34.6. The number of hydrogen-bond donors (Lipinski definition) is 3. The Labute approximate surface area is 216 Å². The van der Waals surface area contributed by atoms with Gasteiger partial charge in [0.25, 0.3) is 0 Å². The number of ether oxygens (including phenoxy) is 8. The van der Waals surface area contributed by atoms with Crippen molar-refractivity contribution in [3.05, 3.63) is 0 Å². The molecular formula is C22H32O16. The summed E-state index contributed by atoms with van der Waals surface area (Å²) < 4.78 is 42.9. The maximum Gasteiger partial charge on any atom is 0.303 e. The Hall–Kier alpha value is -2.89. The maximum atomic E-state index is 11.9. The third-order valence-corrected chi connectivity index (χ3v) is 5.43. The Morgan fingerprint density at radius 2 is 1.26 bits per heavy atom. The molecule has 0 bridgehead atoms. The number of aliphatic hydroxyl groups is 3. The van der Waals surface area contributed by atoms with Gasteiger partial charge >= 0.3 is 29.8 Å². The van der Waals surface area contributed by atoms with Crippen LogP contribution in [0.15, 0.2) is 0 Å². The lowest BCUT2D eigenvalue weighted by Gasteiger charge is -2.45. The van der Waals surface area contributed by atoms with Crippen molar-refractivity contribution in [2.24, 2.45) is 0 Å². The van der Waals surface area contributed by atoms with Gasteiger partial charge in [0.2, 0.25) is 12.1 Å². The van der Waals surface area contributed by atoms with Crippen LogP contribution < -0.4 is 0 Å². The number of aliphatic hydroxyl groups excluding tert-OH is 3. The van der Waals surface area contributed by atoms with Crippen molar-refractivity contribution in [1.29, 1.82) is 0 Å². The molecule has 0 aromatic carbocycles. The SMILES string of the molecule is CC(=O)OC[C@@H]1O[C@H](O[C@]2(CO)O[C@H](CO)[C@@H](OC(C)=O)[C@@H]2OC(C)=O)[C@@H](OC(C)=O)[C@H](OC(C)=O)[C@H]1O. The van der Waals surface area contributed by atoms with Crippen molar-refractivity contribution in [1.82, 2.24) is 0 Å². The van der Waals surface area contributed by atoms with E-state index in [1.54, 1.807) is 0 Å². The fourth-order valence-corrected chi connectivity index (χ4v) is 4.06. The predicted octanol–water partition coefficient (Wildman–Crippen LogP) is -2.54. The minimum atomic E-state index is -2.39. The van der Waals surface area contributed by atoms with Crippen LogP contribution >= 0.6 is 0 Å². The van der Waals surface area contributed by atoms with Crippen molar-refractivity contribution in [3.8, 4) is 0 Å². The molecule has 0 aliphatic carbocycles. The Bertz CT molecular complexity index is 891. The second-order valence-electron chi connectivity index (χ2n) is 8.51. The molecule has 0 saturated carbocycles. The lowest BCUT2D eigenvalue weighted by atomic mass is 9.98. The Morgan fingerprint density at radius 1 is 0.737 bits per heavy atom. The van der Waals surface area contributed by atoms with Crippen LogP contribution in [0.4, 0.5) is 0 Å². The van der Waals surface area contributed by atoms with Gasteiger partial charge in [0, 0.05) is 34.6 Å². The molecule has 16 heteroatoms. The van der Waals surface area contributed by atoms with Crippen LogP contribution in [0, 0.1) is 0 Å². The van der Waals surface area contributed by atoms with Crippen LogP contribution in [0.25, 0.3) is 0 Å². The van der Waals surface area contributed by atoms with Gasteiger partial charge in [-0.3, -0.25) is 24.0 Å². The Morgan fingerprint density at radius 3 is 1.74 bits per heavy atom. The number of hydrogen-bond acceptors (Lipinski definition) is 16. The zero-order chi connectivity index (χ0) is 28.8. The summed E-state index contributed by atoms with van der Waals surface area (Å²) >= 11 is 0. The van der Waals surface area contributed by atoms with Crippen LogP contribution in [0.3, 0.4) is 0 Å². The van der Waals surface area contributed by atoms with E-state index in [4.69, 9.17) is 37.9 Å². The molecule has 0 radical (unpaired) electrons. The van der Waals surface area contributed by atoms with Gasteiger partial charge in [-0.25, -0.2) is 0 Å². The van der Waals surface area contributed by atoms with E-state index in [2.05, 4.69) is 0 Å². The van der Waals surface area contributed by atoms with Crippen LogP contribution in [0.1, 0.15) is 34.6 Å². The first-order valence-electron chi connectivity index (χ1n) is 11.5. The summed E-state index contributed by atoms with van der Waals surface area (Å²) in [4.78, 5) is 58.6. The molecular weight excluding hydrogens is 520 g/mol. The third kappa shape index (κ3) is 7.58. The van der Waals surface area contributed by atoms with Gasteiger partial charge < -0.3 is 53.2 Å². The summed E-state index contributed by atoms with van der Waals surface area (Å²) in [6.07, 6.45) is -12.8. The second-order valence-corrected chi connectivity index (χ2v) is 8.51. The lowest BCUT2D eigenvalue weighted by Crippen LogP contribution is -2.65. The molecule has 0 amide bonds. The standard InChI is InChI=1S/C22H32O16/c1-9(25)31-7-15-16(30)18(33-11(3)27)19(34-12(4)28)21(36-15)38-22(8-24)20(35-13(5)29)17(32-10(2)26)14(6-23)37-22/h14-21,23-24,30H,6-8H2,1-5H3/t14-,15+,16+,17-,18-,19+,20+,21-,22+/m1/s1. The molecule has 9 atom stereocenters. The molecule has 2 aliphatic rings. The van der Waals surface area contributed by atoms with Gasteiger partial charge in [-0.15, -0.1) is 0 Å². The van der Waals surface area contributed by atoms with E-state index >= 15 is 0 Å². The Kier molecular flexibility index (Phi) is 10.9. The monoisotopic (exact) mass is 552 g/mol. The van der Waals surface area contributed by atoms with E-state index < -0.39 is 104 Å². The van der Waals surface area contributed by atoms with Crippen LogP contribution in [-0.2, 0) is 61.9 Å². The summed E-state index contributed by atoms with van der Waals surface area (Å²) in [6, 6.07) is 0. The number of rotatable bonds is 10. The fourth-order valence-electron chi connectivity index (χ4n) is 4.06. The predicted molar refractivity (Wildman–Crippen MR) is 116 cm³/mol. The molecule has 2 aliphatic heterocycles. The summed E-state index contributed by atoms with van der Waals surface area (Å²) in [7, 11) is 0. The van der Waals surface area contributed by atoms with Gasteiger partial charge in [0.15, 0.2) is 24.4 Å². The van der Waals surface area contributed by atoms with E-state index in [1.807, 2.05) is 0 Å². The maximum absolute atomic E-state index is 11.9. The van der Waals surface area contributed by atoms with Gasteiger partial charge in [0.1, 0.15) is 31.5 Å². The van der Waals surface area contributed by atoms with E-state index in [9.17, 15) is 39.3 Å². The summed E-state index contributed by atoms with van der Waals surface area (Å²) in [5.74, 6) is -6.67. The first kappa shape index (κ1) is 31.3. The number of esters is 5. The highest BCUT2D eigenvalue weighted by molar-refractivity contribution is 5.68. The zero-order valence-corrected chi connectivity index (χ0v) is 21.4. The molecule has 2 saturated heterocycles. The molecule has 216 valence electrons. The largest absolute Gasteiger partial charge is 0.463 e. The highest BCUT2D eigenvalue weighted by Crippen LogP contribution is 2.40. The quantitative estimate of drug-likeness (QED) is 0.188. The summed E-state index contributed by atoms with van der Waals surface area (Å²) in [5.41, 5.74) is 0. The van der Waals surface area contributed by atoms with Crippen molar-refractivity contribution >= 4 is 29.8 Å². The molecule has 0 aromatic rings. The molecule has 2 heterocycles. The minimum Gasteiger partial charge on any atom is -0.463 e. The average molecular weight is 552 g/mol. The van der Waals surface area contributed by atoms with Crippen LogP contribution in [0.2, 0.25) is 0 Å². The van der Waals surface area contributed by atoms with E-state index in [0.717, 1.165) is 34.6 Å². The summed E-state index contributed by atoms with van der Waals surface area (Å²) in [6.45, 7) is 2.76. The smallest absolute Gasteiger partial charge is 0.303 e. The lowest BCUT2D eigenvalue weighted by molar-refractivity contribution is -0.384. The van der Waals surface area contributed by atoms with Crippen LogP contribution in [-0.4, -0.2) is 120 Å². The second kappa shape index (κ2) is 13.3. The van der Waals surface area contributed by atoms with Gasteiger partial charge in [-0.05, 0) is 0 Å². The highest BCUT2D eigenvalue weighted by atomic mass is 16.8.